The molecule has 18 heavy (non-hydrogen) atoms. The van der Waals surface area contributed by atoms with Crippen LogP contribution in [0.1, 0.15) is 5.56 Å². The molecule has 0 aromatic heterocycles. The van der Waals surface area contributed by atoms with Crippen molar-refractivity contribution in [1.29, 1.82) is 0 Å². The molecule has 1 aromatic rings. The molecule has 0 saturated carbocycles. The van der Waals surface area contributed by atoms with Gasteiger partial charge in [0.1, 0.15) is 0 Å². The zero-order valence-electron chi connectivity index (χ0n) is 11.1. The van der Waals surface area contributed by atoms with Crippen LogP contribution in [0.5, 0.6) is 0 Å². The van der Waals surface area contributed by atoms with Gasteiger partial charge in [0.2, 0.25) is 0 Å². The third kappa shape index (κ3) is 3.26. The van der Waals surface area contributed by atoms with E-state index in [1.165, 1.54) is 9.14 Å². The second-order valence-electron chi connectivity index (χ2n) is 4.55. The van der Waals surface area contributed by atoms with Gasteiger partial charge in [-0.05, 0) is 0 Å². The summed E-state index contributed by atoms with van der Waals surface area (Å²) in [6.07, 6.45) is 8.19. The quantitative estimate of drug-likeness (QED) is 0.479. The number of benzene rings is 1. The van der Waals surface area contributed by atoms with Gasteiger partial charge < -0.3 is 0 Å². The second kappa shape index (κ2) is 7.42. The fourth-order valence-corrected chi connectivity index (χ4v) is 14.2. The average molecular weight is 345 g/mol. The normalized spacial score (nSPS) is 10.7. The molecule has 0 amide bonds. The van der Waals surface area contributed by atoms with Crippen LogP contribution in [0, 0.1) is 0 Å². The molecule has 0 radical (unpaired) electrons. The van der Waals surface area contributed by atoms with Crippen LogP contribution in [0.25, 0.3) is 6.08 Å². The molecule has 0 aliphatic carbocycles. The molecule has 1 aromatic carbocycles. The first-order valence-corrected chi connectivity index (χ1v) is 13.8. The van der Waals surface area contributed by atoms with E-state index in [2.05, 4.69) is 68.8 Å². The van der Waals surface area contributed by atoms with E-state index in [4.69, 9.17) is 0 Å². The van der Waals surface area contributed by atoms with Crippen LogP contribution in [0.4, 0.5) is 0 Å². The average Bonchev–Trinajstić information content (AvgIpc) is 2.39. The van der Waals surface area contributed by atoms with Gasteiger partial charge >= 0.3 is 116 Å². The van der Waals surface area contributed by atoms with E-state index >= 15 is 0 Å². The maximum absolute atomic E-state index is 3.95. The number of allylic oxidation sites excluding steroid dienone is 3. The van der Waals surface area contributed by atoms with Crippen molar-refractivity contribution in [3.8, 4) is 0 Å². The van der Waals surface area contributed by atoms with E-state index in [1.54, 1.807) is 0 Å². The monoisotopic (exact) mass is 346 g/mol. The Kier molecular flexibility index (Phi) is 6.20. The van der Waals surface area contributed by atoms with E-state index < -0.39 is 18.4 Å². The van der Waals surface area contributed by atoms with Gasteiger partial charge in [-0.2, -0.15) is 0 Å². The van der Waals surface area contributed by atoms with E-state index in [0.29, 0.717) is 0 Å². The van der Waals surface area contributed by atoms with Gasteiger partial charge in [0.15, 0.2) is 0 Å². The summed E-state index contributed by atoms with van der Waals surface area (Å²) in [4.78, 5) is 0. The molecule has 0 N–H and O–H groups in total. The van der Waals surface area contributed by atoms with Gasteiger partial charge in [0.25, 0.3) is 0 Å². The van der Waals surface area contributed by atoms with E-state index in [1.807, 2.05) is 6.08 Å². The number of hydrogen-bond donors (Lipinski definition) is 0. The third-order valence-electron chi connectivity index (χ3n) is 3.36. The first-order chi connectivity index (χ1) is 8.74. The minimum absolute atomic E-state index is 1.12. The standard InChI is InChI=1S/C8H7.3C3H5.Sn/c1-2-8-6-4-3-5-7-8;3*1-3-2;/h2-6H,1H2;3*3H,1-2H2;. The molecule has 0 unspecified atom stereocenters. The summed E-state index contributed by atoms with van der Waals surface area (Å²) in [6.45, 7) is 15.8. The van der Waals surface area contributed by atoms with Crippen molar-refractivity contribution in [2.24, 2.45) is 0 Å². The molecule has 1 heteroatoms. The van der Waals surface area contributed by atoms with Crippen LogP contribution >= 0.6 is 0 Å². The molecule has 0 nitrogen and oxygen atoms in total. The Hall–Kier alpha value is -1.02. The summed E-state index contributed by atoms with van der Waals surface area (Å²) in [5, 5.41) is 0. The Morgan fingerprint density at radius 1 is 0.833 bits per heavy atom. The molecule has 0 spiro atoms. The number of hydrogen-bond acceptors (Lipinski definition) is 0. The summed E-state index contributed by atoms with van der Waals surface area (Å²) in [7, 11) is 0. The van der Waals surface area contributed by atoms with Crippen LogP contribution in [0.2, 0.25) is 13.3 Å². The maximum atomic E-state index is 3.95. The van der Waals surface area contributed by atoms with Crippen molar-refractivity contribution in [2.45, 2.75) is 13.3 Å². The Morgan fingerprint density at radius 3 is 1.78 bits per heavy atom. The zero-order chi connectivity index (χ0) is 13.4. The van der Waals surface area contributed by atoms with Gasteiger partial charge in [0.05, 0.1) is 0 Å². The van der Waals surface area contributed by atoms with Crippen LogP contribution in [-0.4, -0.2) is 18.4 Å². The van der Waals surface area contributed by atoms with Crippen molar-refractivity contribution in [2.75, 3.05) is 0 Å². The van der Waals surface area contributed by atoms with Crippen molar-refractivity contribution < 1.29 is 0 Å². The zero-order valence-corrected chi connectivity index (χ0v) is 13.9. The minimum atomic E-state index is -2.52. The Bertz CT molecular complexity index is 416. The molecule has 94 valence electrons. The first-order valence-electron chi connectivity index (χ1n) is 6.28. The SMILES string of the molecule is C=C[CH2][Sn]([CH2]C=C)([CH2]C=C)[c]1ccccc1C=C. The predicted octanol–water partition coefficient (Wildman–Crippen LogP) is 4.54. The third-order valence-corrected chi connectivity index (χ3v) is 17.1. The van der Waals surface area contributed by atoms with Crippen molar-refractivity contribution in [1.82, 2.24) is 0 Å². The molecule has 0 fully saturated rings. The van der Waals surface area contributed by atoms with Crippen molar-refractivity contribution in [3.05, 3.63) is 74.4 Å². The van der Waals surface area contributed by atoms with E-state index in [0.717, 1.165) is 13.3 Å². The van der Waals surface area contributed by atoms with Gasteiger partial charge in [-0.15, -0.1) is 0 Å². The molecule has 0 atom stereocenters. The molecule has 1 rings (SSSR count). The first kappa shape index (κ1) is 15.0. The van der Waals surface area contributed by atoms with Crippen LogP contribution in [-0.2, 0) is 0 Å². The summed E-state index contributed by atoms with van der Waals surface area (Å²) in [5.74, 6) is 0. The van der Waals surface area contributed by atoms with Crippen LogP contribution in [0.3, 0.4) is 0 Å². The Balaban J connectivity index is 3.37. The molecular formula is C17H22Sn. The predicted molar refractivity (Wildman–Crippen MR) is 86.9 cm³/mol. The molecule has 0 heterocycles. The van der Waals surface area contributed by atoms with Crippen LogP contribution < -0.4 is 3.58 Å². The summed E-state index contributed by atoms with van der Waals surface area (Å²) >= 11 is -2.52. The van der Waals surface area contributed by atoms with Crippen molar-refractivity contribution in [3.63, 3.8) is 0 Å². The van der Waals surface area contributed by atoms with Crippen molar-refractivity contribution >= 4 is 28.0 Å². The summed E-state index contributed by atoms with van der Waals surface area (Å²) in [6, 6.07) is 8.63. The fraction of sp³-hybridized carbons (Fsp3) is 0.176. The molecular weight excluding hydrogens is 323 g/mol. The van der Waals surface area contributed by atoms with E-state index in [-0.39, 0.29) is 0 Å². The van der Waals surface area contributed by atoms with E-state index in [9.17, 15) is 0 Å². The Labute approximate surface area is 115 Å². The van der Waals surface area contributed by atoms with Gasteiger partial charge in [-0.1, -0.05) is 0 Å². The van der Waals surface area contributed by atoms with Crippen LogP contribution in [0.15, 0.2) is 68.8 Å². The van der Waals surface area contributed by atoms with Gasteiger partial charge in [-0.3, -0.25) is 0 Å². The molecule has 0 saturated heterocycles. The molecule has 0 aliphatic rings. The summed E-state index contributed by atoms with van der Waals surface area (Å²) < 4.78 is 4.88. The van der Waals surface area contributed by atoms with Gasteiger partial charge in [-0.25, -0.2) is 0 Å². The summed E-state index contributed by atoms with van der Waals surface area (Å²) in [5.41, 5.74) is 1.28. The second-order valence-corrected chi connectivity index (χ2v) is 16.9. The number of rotatable bonds is 8. The topological polar surface area (TPSA) is 0 Å². The molecule has 0 bridgehead atoms. The van der Waals surface area contributed by atoms with Gasteiger partial charge in [0, 0.05) is 0 Å². The molecule has 0 aliphatic heterocycles. The Morgan fingerprint density at radius 2 is 1.33 bits per heavy atom. The fourth-order valence-electron chi connectivity index (χ4n) is 2.57.